The van der Waals surface area contributed by atoms with Crippen molar-refractivity contribution in [2.45, 2.75) is 0 Å². The van der Waals surface area contributed by atoms with Gasteiger partial charge in [0, 0.05) is 32.8 Å². The Labute approximate surface area is 241 Å². The van der Waals surface area contributed by atoms with Crippen molar-refractivity contribution in [3.63, 3.8) is 0 Å². The summed E-state index contributed by atoms with van der Waals surface area (Å²) in [5.41, 5.74) is 7.79. The third-order valence-electron chi connectivity index (χ3n) is 8.58. The van der Waals surface area contributed by atoms with Gasteiger partial charge in [0.1, 0.15) is 11.2 Å². The van der Waals surface area contributed by atoms with E-state index in [1.165, 1.54) is 21.5 Å². The van der Waals surface area contributed by atoms with Crippen LogP contribution in [0.5, 0.6) is 0 Å². The van der Waals surface area contributed by atoms with Gasteiger partial charge in [0.2, 0.25) is 0 Å². The van der Waals surface area contributed by atoms with Gasteiger partial charge in [-0.15, -0.1) is 0 Å². The fourth-order valence-corrected chi connectivity index (χ4v) is 6.71. The van der Waals surface area contributed by atoms with Gasteiger partial charge in [0.15, 0.2) is 0 Å². The van der Waals surface area contributed by atoms with Crippen LogP contribution in [0.4, 0.5) is 0 Å². The van der Waals surface area contributed by atoms with Gasteiger partial charge in [0.25, 0.3) is 0 Å². The maximum atomic E-state index is 9.67. The molecule has 9 rings (SSSR count). The molecule has 3 heteroatoms. The van der Waals surface area contributed by atoms with E-state index in [2.05, 4.69) is 114 Å². The Hall–Kier alpha value is -5.85. The predicted molar refractivity (Wildman–Crippen MR) is 173 cm³/mol. The molecule has 0 saturated heterocycles. The van der Waals surface area contributed by atoms with Crippen molar-refractivity contribution >= 4 is 65.3 Å². The zero-order valence-corrected chi connectivity index (χ0v) is 22.5. The number of aromatic nitrogens is 1. The van der Waals surface area contributed by atoms with Gasteiger partial charge in [-0.05, 0) is 75.6 Å². The largest absolute Gasteiger partial charge is 0.455 e. The zero-order valence-electron chi connectivity index (χ0n) is 22.5. The van der Waals surface area contributed by atoms with Crippen molar-refractivity contribution in [2.75, 3.05) is 0 Å². The molecule has 3 nitrogen and oxygen atoms in total. The lowest BCUT2D eigenvalue weighted by molar-refractivity contribution is 0.670. The van der Waals surface area contributed by atoms with Crippen LogP contribution < -0.4 is 0 Å². The first-order valence-corrected chi connectivity index (χ1v) is 14.1. The van der Waals surface area contributed by atoms with Gasteiger partial charge in [-0.3, -0.25) is 0 Å². The third-order valence-corrected chi connectivity index (χ3v) is 8.58. The summed E-state index contributed by atoms with van der Waals surface area (Å²) < 4.78 is 8.97. The standard InChI is InChI=1S/C39H22N2O/c40-23-24-14-17-31-33-22-27(15-18-34(33)41(35(31)20-24)28-10-2-1-3-11-28)32-21-26-9-5-7-13-30(26)38-37-29-12-6-4-8-25(29)16-19-36(37)42-39(32)38/h1-22H. The van der Waals surface area contributed by atoms with Crippen LogP contribution >= 0.6 is 0 Å². The van der Waals surface area contributed by atoms with Crippen LogP contribution in [0.3, 0.4) is 0 Å². The number of fused-ring (bicyclic) bond motifs is 10. The van der Waals surface area contributed by atoms with Crippen LogP contribution in [-0.4, -0.2) is 4.57 Å². The molecule has 0 atom stereocenters. The molecule has 0 amide bonds. The Morgan fingerprint density at radius 2 is 1.31 bits per heavy atom. The van der Waals surface area contributed by atoms with E-state index < -0.39 is 0 Å². The lowest BCUT2D eigenvalue weighted by atomic mass is 9.94. The van der Waals surface area contributed by atoms with Gasteiger partial charge in [-0.1, -0.05) is 84.9 Å². The van der Waals surface area contributed by atoms with Crippen LogP contribution in [0.2, 0.25) is 0 Å². The molecule has 0 spiro atoms. The van der Waals surface area contributed by atoms with Crippen molar-refractivity contribution in [1.82, 2.24) is 4.57 Å². The van der Waals surface area contributed by atoms with Crippen LogP contribution in [-0.2, 0) is 0 Å². The Morgan fingerprint density at radius 1 is 0.548 bits per heavy atom. The summed E-state index contributed by atoms with van der Waals surface area (Å²) in [6.07, 6.45) is 0. The molecule has 0 N–H and O–H groups in total. The molecular weight excluding hydrogens is 512 g/mol. The van der Waals surface area contributed by atoms with Gasteiger partial charge in [-0.25, -0.2) is 0 Å². The number of hydrogen-bond donors (Lipinski definition) is 0. The number of para-hydroxylation sites is 1. The average molecular weight is 535 g/mol. The quantitative estimate of drug-likeness (QED) is 0.221. The molecule has 0 saturated carbocycles. The highest BCUT2D eigenvalue weighted by molar-refractivity contribution is 6.29. The van der Waals surface area contributed by atoms with Gasteiger partial charge >= 0.3 is 0 Å². The summed E-state index contributed by atoms with van der Waals surface area (Å²) in [6, 6.07) is 48.9. The summed E-state index contributed by atoms with van der Waals surface area (Å²) >= 11 is 0. The molecule has 0 unspecified atom stereocenters. The molecule has 2 aromatic heterocycles. The molecule has 0 radical (unpaired) electrons. The lowest BCUT2D eigenvalue weighted by Crippen LogP contribution is -1.93. The smallest absolute Gasteiger partial charge is 0.143 e. The Morgan fingerprint density at radius 3 is 2.14 bits per heavy atom. The fraction of sp³-hybridized carbons (Fsp3) is 0. The molecule has 0 fully saturated rings. The lowest BCUT2D eigenvalue weighted by Gasteiger charge is -2.09. The molecule has 194 valence electrons. The van der Waals surface area contributed by atoms with E-state index >= 15 is 0 Å². The van der Waals surface area contributed by atoms with Crippen LogP contribution in [0.15, 0.2) is 138 Å². The number of benzene rings is 7. The Bertz CT molecular complexity index is 2580. The molecule has 0 bridgehead atoms. The maximum Gasteiger partial charge on any atom is 0.143 e. The normalized spacial score (nSPS) is 11.8. The zero-order chi connectivity index (χ0) is 27.8. The molecular formula is C39H22N2O. The molecule has 0 aliphatic rings. The Kier molecular flexibility index (Phi) is 4.68. The van der Waals surface area contributed by atoms with E-state index in [4.69, 9.17) is 4.42 Å². The third kappa shape index (κ3) is 3.15. The highest BCUT2D eigenvalue weighted by atomic mass is 16.3. The first kappa shape index (κ1) is 22.9. The van der Waals surface area contributed by atoms with Crippen LogP contribution in [0.25, 0.3) is 82.1 Å². The number of rotatable bonds is 2. The van der Waals surface area contributed by atoms with E-state index in [-0.39, 0.29) is 0 Å². The first-order chi connectivity index (χ1) is 20.8. The van der Waals surface area contributed by atoms with Crippen molar-refractivity contribution in [3.05, 3.63) is 139 Å². The maximum absolute atomic E-state index is 9.67. The monoisotopic (exact) mass is 534 g/mol. The van der Waals surface area contributed by atoms with Gasteiger partial charge in [-0.2, -0.15) is 5.26 Å². The summed E-state index contributed by atoms with van der Waals surface area (Å²) in [5, 5.41) is 19.0. The molecule has 42 heavy (non-hydrogen) atoms. The molecule has 2 heterocycles. The fourth-order valence-electron chi connectivity index (χ4n) is 6.71. The van der Waals surface area contributed by atoms with E-state index in [0.29, 0.717) is 5.56 Å². The van der Waals surface area contributed by atoms with Crippen molar-refractivity contribution in [1.29, 1.82) is 5.26 Å². The van der Waals surface area contributed by atoms with Crippen LogP contribution in [0.1, 0.15) is 5.56 Å². The van der Waals surface area contributed by atoms with E-state index in [9.17, 15) is 5.26 Å². The SMILES string of the molecule is N#Cc1ccc2c3cc(-c4cc5ccccc5c5c4oc4ccc6ccccc6c45)ccc3n(-c3ccccc3)c2c1. The van der Waals surface area contributed by atoms with E-state index in [1.807, 2.05) is 30.3 Å². The van der Waals surface area contributed by atoms with Gasteiger partial charge < -0.3 is 8.98 Å². The summed E-state index contributed by atoms with van der Waals surface area (Å²) in [5.74, 6) is 0. The second-order valence-corrected chi connectivity index (χ2v) is 10.9. The number of furan rings is 1. The molecule has 0 aliphatic heterocycles. The molecule has 9 aromatic rings. The number of nitrogens with zero attached hydrogens (tertiary/aromatic N) is 2. The van der Waals surface area contributed by atoms with E-state index in [1.54, 1.807) is 0 Å². The highest BCUT2D eigenvalue weighted by Gasteiger charge is 2.20. The van der Waals surface area contributed by atoms with Crippen molar-refractivity contribution in [3.8, 4) is 22.9 Å². The van der Waals surface area contributed by atoms with E-state index in [0.717, 1.165) is 60.6 Å². The van der Waals surface area contributed by atoms with Crippen LogP contribution in [0, 0.1) is 11.3 Å². The average Bonchev–Trinajstić information content (AvgIpc) is 3.61. The second-order valence-electron chi connectivity index (χ2n) is 10.9. The second kappa shape index (κ2) is 8.57. The summed E-state index contributed by atoms with van der Waals surface area (Å²) in [6.45, 7) is 0. The topological polar surface area (TPSA) is 41.9 Å². The summed E-state index contributed by atoms with van der Waals surface area (Å²) in [4.78, 5) is 0. The molecule has 0 aliphatic carbocycles. The molecule has 7 aromatic carbocycles. The predicted octanol–water partition coefficient (Wildman–Crippen LogP) is 10.5. The minimum absolute atomic E-state index is 0.647. The number of hydrogen-bond acceptors (Lipinski definition) is 2. The minimum Gasteiger partial charge on any atom is -0.455 e. The Balaban J connectivity index is 1.40. The van der Waals surface area contributed by atoms with Gasteiger partial charge in [0.05, 0.1) is 22.7 Å². The van der Waals surface area contributed by atoms with Crippen molar-refractivity contribution < 1.29 is 4.42 Å². The highest BCUT2D eigenvalue weighted by Crippen LogP contribution is 2.44. The van der Waals surface area contributed by atoms with Crippen molar-refractivity contribution in [2.24, 2.45) is 0 Å². The number of nitriles is 1. The minimum atomic E-state index is 0.647. The summed E-state index contributed by atoms with van der Waals surface area (Å²) in [7, 11) is 0. The first-order valence-electron chi connectivity index (χ1n) is 14.1.